The molecule has 0 radical (unpaired) electrons. The van der Waals surface area contributed by atoms with Gasteiger partial charge in [-0.2, -0.15) is 8.42 Å². The Labute approximate surface area is 264 Å². The number of hydrogen-bond acceptors (Lipinski definition) is 17. The molecule has 2 aliphatic heterocycles. The van der Waals surface area contributed by atoms with Gasteiger partial charge in [-0.15, -0.1) is 0 Å². The Kier molecular flexibility index (Phi) is 9.76. The van der Waals surface area contributed by atoms with Crippen molar-refractivity contribution < 1.29 is 80.7 Å². The molecule has 7 N–H and O–H groups in total. The first-order valence-electron chi connectivity index (χ1n) is 13.8. The summed E-state index contributed by atoms with van der Waals surface area (Å²) in [4.78, 5) is 24.3. The van der Waals surface area contributed by atoms with Crippen molar-refractivity contribution in [1.29, 1.82) is 0 Å². The maximum atomic E-state index is 12.9. The van der Waals surface area contributed by atoms with Gasteiger partial charge in [0.15, 0.2) is 17.8 Å². The average Bonchev–Trinajstić information content (AvgIpc) is 3.27. The van der Waals surface area contributed by atoms with E-state index in [1.165, 1.54) is 30.3 Å². The maximum absolute atomic E-state index is 12.9. The van der Waals surface area contributed by atoms with Crippen molar-refractivity contribution in [3.05, 3.63) is 52.7 Å². The molecule has 0 spiro atoms. The largest absolute Gasteiger partial charge is 0.508 e. The fraction of sp³-hybridized carbons (Fsp3) is 0.429. The van der Waals surface area contributed by atoms with Gasteiger partial charge in [-0.25, -0.2) is 4.18 Å². The summed E-state index contributed by atoms with van der Waals surface area (Å²) in [5.74, 6) is -1.49. The second-order valence-electron chi connectivity index (χ2n) is 10.8. The van der Waals surface area contributed by atoms with Crippen LogP contribution in [0.4, 0.5) is 0 Å². The standard InChI is InChI=1S/C28H30O18S/c1-12(29)40-9-20-22(33)23(34)24(46-27-25(35)28(36,10-41-27)11-42-47(37,38)39)26(45-20)43-15-6-16(31)21-17(32)8-18(44-19(21)7-15)13-2-4-14(30)5-3-13/h2-8,20,22-27,30-31,33-36H,9-11H2,1H3,(H,37,38,39). The molecule has 2 aliphatic rings. The van der Waals surface area contributed by atoms with Gasteiger partial charge in [0.05, 0.1) is 6.61 Å². The molecule has 3 heterocycles. The summed E-state index contributed by atoms with van der Waals surface area (Å²) in [6, 6.07) is 9.07. The number of esters is 1. The predicted molar refractivity (Wildman–Crippen MR) is 152 cm³/mol. The van der Waals surface area contributed by atoms with E-state index in [1.54, 1.807) is 0 Å². The van der Waals surface area contributed by atoms with E-state index in [1.807, 2.05) is 0 Å². The van der Waals surface area contributed by atoms with Crippen molar-refractivity contribution in [3.8, 4) is 28.6 Å². The van der Waals surface area contributed by atoms with Crippen molar-refractivity contribution >= 4 is 27.3 Å². The monoisotopic (exact) mass is 686 g/mol. The summed E-state index contributed by atoms with van der Waals surface area (Å²) < 4.78 is 68.1. The number of fused-ring (bicyclic) bond motifs is 1. The minimum absolute atomic E-state index is 0.0274. The van der Waals surface area contributed by atoms with Crippen LogP contribution in [0.25, 0.3) is 22.3 Å². The Bertz CT molecular complexity index is 1770. The van der Waals surface area contributed by atoms with E-state index in [-0.39, 0.29) is 28.2 Å². The first-order valence-corrected chi connectivity index (χ1v) is 15.1. The third-order valence-electron chi connectivity index (χ3n) is 7.34. The third-order valence-corrected chi connectivity index (χ3v) is 7.75. The van der Waals surface area contributed by atoms with Gasteiger partial charge in [-0.1, -0.05) is 0 Å². The molecule has 18 nitrogen and oxygen atoms in total. The van der Waals surface area contributed by atoms with Gasteiger partial charge in [-0.05, 0) is 24.3 Å². The number of carbonyl (C=O) groups is 1. The van der Waals surface area contributed by atoms with E-state index in [4.69, 9.17) is 32.7 Å². The zero-order chi connectivity index (χ0) is 34.3. The lowest BCUT2D eigenvalue weighted by molar-refractivity contribution is -0.319. The molecular weight excluding hydrogens is 656 g/mol. The molecule has 2 fully saturated rings. The SMILES string of the molecule is CC(=O)OCC1OC(Oc2cc(O)c3c(=O)cc(-c4ccc(O)cc4)oc3c2)C(OC2OCC(O)(COS(=O)(=O)O)C2O)C(O)C1O. The highest BCUT2D eigenvalue weighted by molar-refractivity contribution is 7.80. The molecule has 2 aromatic carbocycles. The van der Waals surface area contributed by atoms with Crippen molar-refractivity contribution in [1.82, 2.24) is 0 Å². The zero-order valence-corrected chi connectivity index (χ0v) is 25.1. The molecule has 0 bridgehead atoms. The van der Waals surface area contributed by atoms with E-state index >= 15 is 0 Å². The number of aromatic hydroxyl groups is 2. The maximum Gasteiger partial charge on any atom is 0.397 e. The average molecular weight is 687 g/mol. The fourth-order valence-corrected chi connectivity index (χ4v) is 5.28. The quantitative estimate of drug-likeness (QED) is 0.0985. The minimum Gasteiger partial charge on any atom is -0.508 e. The number of phenols is 2. The van der Waals surface area contributed by atoms with Crippen LogP contribution < -0.4 is 10.2 Å². The van der Waals surface area contributed by atoms with Crippen molar-refractivity contribution in [3.63, 3.8) is 0 Å². The molecule has 19 heteroatoms. The third kappa shape index (κ3) is 7.65. The lowest BCUT2D eigenvalue weighted by atomic mass is 9.98. The molecule has 47 heavy (non-hydrogen) atoms. The second-order valence-corrected chi connectivity index (χ2v) is 11.9. The summed E-state index contributed by atoms with van der Waals surface area (Å²) in [5, 5.41) is 63.1. The zero-order valence-electron chi connectivity index (χ0n) is 24.2. The normalized spacial score (nSPS) is 29.5. The number of aliphatic hydroxyl groups excluding tert-OH is 3. The summed E-state index contributed by atoms with van der Waals surface area (Å²) in [7, 11) is -5.01. The number of benzene rings is 2. The van der Waals surface area contributed by atoms with Gasteiger partial charge in [0, 0.05) is 30.7 Å². The summed E-state index contributed by atoms with van der Waals surface area (Å²) in [6.07, 6.45) is -12.4. The Morgan fingerprint density at radius 3 is 2.40 bits per heavy atom. The van der Waals surface area contributed by atoms with E-state index in [9.17, 15) is 48.6 Å². The highest BCUT2D eigenvalue weighted by Crippen LogP contribution is 2.36. The van der Waals surface area contributed by atoms with Gasteiger partial charge in [0.25, 0.3) is 0 Å². The number of rotatable bonds is 10. The second kappa shape index (κ2) is 13.3. The van der Waals surface area contributed by atoms with Crippen LogP contribution in [0.1, 0.15) is 6.92 Å². The van der Waals surface area contributed by atoms with Crippen molar-refractivity contribution in [2.45, 2.75) is 55.6 Å². The van der Waals surface area contributed by atoms with Crippen molar-refractivity contribution in [2.75, 3.05) is 19.8 Å². The molecule has 8 unspecified atom stereocenters. The summed E-state index contributed by atoms with van der Waals surface area (Å²) in [5.41, 5.74) is -2.77. The number of hydrogen-bond donors (Lipinski definition) is 7. The van der Waals surface area contributed by atoms with E-state index in [2.05, 4.69) is 4.18 Å². The fourth-order valence-electron chi connectivity index (χ4n) is 4.92. The van der Waals surface area contributed by atoms with Crippen LogP contribution in [0.2, 0.25) is 0 Å². The number of phenolic OH excluding ortho intramolecular Hbond substituents is 2. The van der Waals surface area contributed by atoms with Crippen molar-refractivity contribution in [2.24, 2.45) is 0 Å². The van der Waals surface area contributed by atoms with Gasteiger partial charge >= 0.3 is 16.4 Å². The highest BCUT2D eigenvalue weighted by Gasteiger charge is 2.54. The Morgan fingerprint density at radius 1 is 1.04 bits per heavy atom. The lowest BCUT2D eigenvalue weighted by Crippen LogP contribution is -2.62. The topological polar surface area (TPSA) is 278 Å². The van der Waals surface area contributed by atoms with E-state index in [0.717, 1.165) is 19.1 Å². The molecular formula is C28H30O18S. The first-order chi connectivity index (χ1) is 22.0. The van der Waals surface area contributed by atoms with Crippen LogP contribution >= 0.6 is 0 Å². The Hall–Kier alpha value is -3.89. The summed E-state index contributed by atoms with van der Waals surface area (Å²) in [6.45, 7) is -1.36. The molecule has 3 aromatic rings. The molecule has 0 amide bonds. The molecule has 8 atom stereocenters. The van der Waals surface area contributed by atoms with Crippen LogP contribution in [0.15, 0.2) is 51.7 Å². The van der Waals surface area contributed by atoms with Gasteiger partial charge < -0.3 is 58.7 Å². The van der Waals surface area contributed by atoms with Crippen LogP contribution in [-0.2, 0) is 38.3 Å². The van der Waals surface area contributed by atoms with Crippen LogP contribution in [-0.4, -0.2) is 118 Å². The molecule has 2 saturated heterocycles. The van der Waals surface area contributed by atoms with Crippen LogP contribution in [0, 0.1) is 0 Å². The first kappa shape index (κ1) is 34.4. The smallest absolute Gasteiger partial charge is 0.397 e. The Morgan fingerprint density at radius 2 is 1.74 bits per heavy atom. The van der Waals surface area contributed by atoms with E-state index < -0.39 is 96.1 Å². The predicted octanol–water partition coefficient (Wildman–Crippen LogP) is -1.09. The van der Waals surface area contributed by atoms with Crippen LogP contribution in [0.5, 0.6) is 17.2 Å². The Balaban J connectivity index is 1.45. The molecule has 256 valence electrons. The van der Waals surface area contributed by atoms with Gasteiger partial charge in [0.2, 0.25) is 6.29 Å². The molecule has 5 rings (SSSR count). The molecule has 0 saturated carbocycles. The summed E-state index contributed by atoms with van der Waals surface area (Å²) >= 11 is 0. The van der Waals surface area contributed by atoms with E-state index in [0.29, 0.717) is 5.56 Å². The highest BCUT2D eigenvalue weighted by atomic mass is 32.3. The van der Waals surface area contributed by atoms with Gasteiger partial charge in [0.1, 0.15) is 77.2 Å². The number of ether oxygens (including phenoxy) is 5. The lowest BCUT2D eigenvalue weighted by Gasteiger charge is -2.42. The number of carbonyl (C=O) groups excluding carboxylic acids is 1. The molecule has 1 aromatic heterocycles. The van der Waals surface area contributed by atoms with Crippen LogP contribution in [0.3, 0.4) is 0 Å². The number of aliphatic hydroxyl groups is 4. The minimum atomic E-state index is -5.01. The molecule has 0 aliphatic carbocycles. The van der Waals surface area contributed by atoms with Gasteiger partial charge in [-0.3, -0.25) is 14.1 Å².